The summed E-state index contributed by atoms with van der Waals surface area (Å²) in [5.41, 5.74) is 8.03. The SMILES string of the molecule is CCOC(=O)c1cc(NCc2c(C)cccc2CC)c2nc(C)c(C)n2c1. The van der Waals surface area contributed by atoms with E-state index in [1.807, 2.05) is 31.2 Å². The summed E-state index contributed by atoms with van der Waals surface area (Å²) in [4.78, 5) is 17.0. The molecule has 1 aromatic carbocycles. The predicted octanol–water partition coefficient (Wildman–Crippen LogP) is 4.61. The first-order valence-electron chi connectivity index (χ1n) is 9.43. The number of nitrogens with zero attached hydrogens (tertiary/aromatic N) is 2. The van der Waals surface area contributed by atoms with Gasteiger partial charge in [0, 0.05) is 18.4 Å². The number of ether oxygens (including phenoxy) is 1. The first-order chi connectivity index (χ1) is 13.0. The molecule has 5 heteroatoms. The van der Waals surface area contributed by atoms with Crippen LogP contribution in [0.15, 0.2) is 30.5 Å². The van der Waals surface area contributed by atoms with Crippen LogP contribution in [0.1, 0.15) is 52.3 Å². The Balaban J connectivity index is 2.03. The number of carbonyl (C=O) groups is 1. The van der Waals surface area contributed by atoms with Crippen molar-refractivity contribution in [3.8, 4) is 0 Å². The van der Waals surface area contributed by atoms with Gasteiger partial charge < -0.3 is 14.5 Å². The number of imidazole rings is 1. The highest BCUT2D eigenvalue weighted by atomic mass is 16.5. The molecule has 1 N–H and O–H groups in total. The normalized spacial score (nSPS) is 11.0. The first-order valence-corrected chi connectivity index (χ1v) is 9.43. The second-order valence-electron chi connectivity index (χ2n) is 6.76. The van der Waals surface area contributed by atoms with Crippen molar-refractivity contribution in [3.05, 3.63) is 64.1 Å². The number of hydrogen-bond donors (Lipinski definition) is 1. The zero-order chi connectivity index (χ0) is 19.6. The standard InChI is InChI=1S/C22H27N3O2/c1-6-17-10-8-9-14(3)19(17)12-23-20-11-18(22(26)27-7-2)13-25-16(5)15(4)24-21(20)25/h8-11,13,23H,6-7,12H2,1-5H3. The van der Waals surface area contributed by atoms with Gasteiger partial charge in [-0.1, -0.05) is 25.1 Å². The summed E-state index contributed by atoms with van der Waals surface area (Å²) in [5.74, 6) is -0.321. The average molecular weight is 365 g/mol. The van der Waals surface area contributed by atoms with Crippen LogP contribution in [0.2, 0.25) is 0 Å². The van der Waals surface area contributed by atoms with E-state index in [1.54, 1.807) is 6.20 Å². The number of hydrogen-bond acceptors (Lipinski definition) is 4. The van der Waals surface area contributed by atoms with Gasteiger partial charge in [-0.2, -0.15) is 0 Å². The minimum Gasteiger partial charge on any atom is -0.462 e. The Morgan fingerprint density at radius 2 is 2.00 bits per heavy atom. The van der Waals surface area contributed by atoms with E-state index in [0.717, 1.165) is 29.1 Å². The summed E-state index contributed by atoms with van der Waals surface area (Å²) in [7, 11) is 0. The number of carbonyl (C=O) groups excluding carboxylic acids is 1. The van der Waals surface area contributed by atoms with E-state index >= 15 is 0 Å². The fraction of sp³-hybridized carbons (Fsp3) is 0.364. The predicted molar refractivity (Wildman–Crippen MR) is 109 cm³/mol. The lowest BCUT2D eigenvalue weighted by Gasteiger charge is -2.15. The fourth-order valence-corrected chi connectivity index (χ4v) is 3.36. The van der Waals surface area contributed by atoms with E-state index in [9.17, 15) is 4.79 Å². The molecule has 0 spiro atoms. The number of pyridine rings is 1. The van der Waals surface area contributed by atoms with E-state index < -0.39 is 0 Å². The molecule has 3 aromatic rings. The highest BCUT2D eigenvalue weighted by molar-refractivity contribution is 5.92. The summed E-state index contributed by atoms with van der Waals surface area (Å²) in [6, 6.07) is 8.23. The van der Waals surface area contributed by atoms with Crippen LogP contribution in [0.25, 0.3) is 5.65 Å². The lowest BCUT2D eigenvalue weighted by Crippen LogP contribution is -2.10. The molecule has 0 aliphatic rings. The fourth-order valence-electron chi connectivity index (χ4n) is 3.36. The molecular weight excluding hydrogens is 338 g/mol. The van der Waals surface area contributed by atoms with Crippen molar-refractivity contribution in [2.24, 2.45) is 0 Å². The van der Waals surface area contributed by atoms with Crippen LogP contribution in [0.5, 0.6) is 0 Å². The molecule has 142 valence electrons. The molecule has 27 heavy (non-hydrogen) atoms. The Morgan fingerprint density at radius 3 is 2.70 bits per heavy atom. The molecule has 0 aliphatic heterocycles. The van der Waals surface area contributed by atoms with Gasteiger partial charge in [-0.25, -0.2) is 9.78 Å². The smallest absolute Gasteiger partial charge is 0.339 e. The molecule has 0 atom stereocenters. The molecule has 3 rings (SSSR count). The molecule has 0 radical (unpaired) electrons. The largest absolute Gasteiger partial charge is 0.462 e. The van der Waals surface area contributed by atoms with E-state index in [0.29, 0.717) is 18.7 Å². The Hall–Kier alpha value is -2.82. The molecule has 5 nitrogen and oxygen atoms in total. The second kappa shape index (κ2) is 7.82. The Bertz CT molecular complexity index is 989. The van der Waals surface area contributed by atoms with E-state index in [1.165, 1.54) is 16.7 Å². The lowest BCUT2D eigenvalue weighted by atomic mass is 10.00. The molecule has 0 fully saturated rings. The van der Waals surface area contributed by atoms with Crippen molar-refractivity contribution in [1.29, 1.82) is 0 Å². The highest BCUT2D eigenvalue weighted by Gasteiger charge is 2.16. The number of aryl methyl sites for hydroxylation is 4. The third-order valence-corrected chi connectivity index (χ3v) is 5.05. The zero-order valence-corrected chi connectivity index (χ0v) is 16.7. The average Bonchev–Trinajstić information content (AvgIpc) is 2.95. The molecule has 0 bridgehead atoms. The zero-order valence-electron chi connectivity index (χ0n) is 16.7. The van der Waals surface area contributed by atoms with Crippen LogP contribution in [-0.4, -0.2) is 22.0 Å². The molecule has 0 saturated carbocycles. The number of anilines is 1. The number of fused-ring (bicyclic) bond motifs is 1. The first kappa shape index (κ1) is 19.0. The van der Waals surface area contributed by atoms with Crippen LogP contribution in [0.4, 0.5) is 5.69 Å². The van der Waals surface area contributed by atoms with Gasteiger partial charge in [-0.05, 0) is 56.9 Å². The number of rotatable bonds is 6. The van der Waals surface area contributed by atoms with Crippen molar-refractivity contribution in [2.75, 3.05) is 11.9 Å². The van der Waals surface area contributed by atoms with Gasteiger partial charge in [0.05, 0.1) is 23.6 Å². The van der Waals surface area contributed by atoms with Crippen molar-refractivity contribution < 1.29 is 9.53 Å². The number of esters is 1. The van der Waals surface area contributed by atoms with Gasteiger partial charge in [-0.15, -0.1) is 0 Å². The number of benzene rings is 1. The van der Waals surface area contributed by atoms with Gasteiger partial charge in [0.25, 0.3) is 0 Å². The highest BCUT2D eigenvalue weighted by Crippen LogP contribution is 2.24. The summed E-state index contributed by atoms with van der Waals surface area (Å²) in [5, 5.41) is 3.51. The third kappa shape index (κ3) is 3.68. The van der Waals surface area contributed by atoms with E-state index in [-0.39, 0.29) is 5.97 Å². The molecule has 2 aromatic heterocycles. The van der Waals surface area contributed by atoms with Gasteiger partial charge in [0.1, 0.15) is 0 Å². The molecule has 0 aliphatic carbocycles. The number of nitrogens with one attached hydrogen (secondary N) is 1. The topological polar surface area (TPSA) is 55.6 Å². The molecule has 2 heterocycles. The summed E-state index contributed by atoms with van der Waals surface area (Å²) in [6.45, 7) is 11.1. The van der Waals surface area contributed by atoms with Crippen LogP contribution in [0.3, 0.4) is 0 Å². The van der Waals surface area contributed by atoms with Crippen LogP contribution in [0, 0.1) is 20.8 Å². The molecule has 0 unspecified atom stereocenters. The van der Waals surface area contributed by atoms with Gasteiger partial charge >= 0.3 is 5.97 Å². The van der Waals surface area contributed by atoms with Crippen molar-refractivity contribution in [3.63, 3.8) is 0 Å². The third-order valence-electron chi connectivity index (χ3n) is 5.05. The van der Waals surface area contributed by atoms with Crippen molar-refractivity contribution >= 4 is 17.3 Å². The minimum atomic E-state index is -0.321. The molecule has 0 amide bonds. The molecular formula is C22H27N3O2. The quantitative estimate of drug-likeness (QED) is 0.648. The van der Waals surface area contributed by atoms with Crippen LogP contribution >= 0.6 is 0 Å². The lowest BCUT2D eigenvalue weighted by molar-refractivity contribution is 0.0526. The van der Waals surface area contributed by atoms with Crippen LogP contribution in [-0.2, 0) is 17.7 Å². The minimum absolute atomic E-state index is 0.321. The van der Waals surface area contributed by atoms with Gasteiger partial charge in [-0.3, -0.25) is 0 Å². The monoisotopic (exact) mass is 365 g/mol. The van der Waals surface area contributed by atoms with E-state index in [4.69, 9.17) is 4.74 Å². The molecule has 0 saturated heterocycles. The Kier molecular flexibility index (Phi) is 5.49. The van der Waals surface area contributed by atoms with Crippen LogP contribution < -0.4 is 5.32 Å². The number of aromatic nitrogens is 2. The maximum absolute atomic E-state index is 12.3. The maximum Gasteiger partial charge on any atom is 0.339 e. The van der Waals surface area contributed by atoms with Crippen molar-refractivity contribution in [1.82, 2.24) is 9.38 Å². The Morgan fingerprint density at radius 1 is 1.22 bits per heavy atom. The Labute approximate surface area is 160 Å². The van der Waals surface area contributed by atoms with E-state index in [2.05, 4.69) is 42.3 Å². The second-order valence-corrected chi connectivity index (χ2v) is 6.76. The van der Waals surface area contributed by atoms with Gasteiger partial charge in [0.2, 0.25) is 0 Å². The van der Waals surface area contributed by atoms with Gasteiger partial charge in [0.15, 0.2) is 5.65 Å². The summed E-state index contributed by atoms with van der Waals surface area (Å²) >= 11 is 0. The summed E-state index contributed by atoms with van der Waals surface area (Å²) < 4.78 is 7.16. The maximum atomic E-state index is 12.3. The summed E-state index contributed by atoms with van der Waals surface area (Å²) in [6.07, 6.45) is 2.79. The van der Waals surface area contributed by atoms with Crippen molar-refractivity contribution in [2.45, 2.75) is 47.6 Å².